The molecular weight excluding hydrogens is 278 g/mol. The molecule has 0 aliphatic carbocycles. The van der Waals surface area contributed by atoms with Crippen molar-refractivity contribution in [2.24, 2.45) is 10.7 Å². The Morgan fingerprint density at radius 2 is 1.77 bits per heavy atom. The second-order valence-corrected chi connectivity index (χ2v) is 5.16. The van der Waals surface area contributed by atoms with Gasteiger partial charge in [-0.15, -0.1) is 0 Å². The molecule has 0 bridgehead atoms. The van der Waals surface area contributed by atoms with Crippen LogP contribution in [0.5, 0.6) is 11.5 Å². The van der Waals surface area contributed by atoms with Crippen molar-refractivity contribution in [1.82, 2.24) is 4.90 Å². The number of ether oxygens (including phenoxy) is 2. The Labute approximate surface area is 130 Å². The van der Waals surface area contributed by atoms with Crippen LogP contribution in [0.15, 0.2) is 47.5 Å². The number of hydrogen-bond donors (Lipinski definition) is 1. The number of hydrogen-bond acceptors (Lipinski definition) is 5. The van der Waals surface area contributed by atoms with Crippen molar-refractivity contribution in [3.63, 3.8) is 0 Å². The van der Waals surface area contributed by atoms with E-state index < -0.39 is 0 Å². The van der Waals surface area contributed by atoms with E-state index in [9.17, 15) is 0 Å². The summed E-state index contributed by atoms with van der Waals surface area (Å²) < 4.78 is 10.7. The first-order valence-electron chi connectivity index (χ1n) is 7.03. The van der Waals surface area contributed by atoms with Crippen molar-refractivity contribution in [3.05, 3.63) is 53.6 Å². The minimum atomic E-state index is -0.00601. The van der Waals surface area contributed by atoms with Gasteiger partial charge in [-0.05, 0) is 23.8 Å². The van der Waals surface area contributed by atoms with Gasteiger partial charge in [0.15, 0.2) is 17.5 Å². The number of para-hydroxylation sites is 1. The van der Waals surface area contributed by atoms with E-state index >= 15 is 0 Å². The normalized spacial score (nSPS) is 16.8. The lowest BCUT2D eigenvalue weighted by atomic mass is 9.94. The molecular formula is C17H19N3O2. The van der Waals surface area contributed by atoms with Crippen LogP contribution in [0, 0.1) is 0 Å². The topological polar surface area (TPSA) is 60.1 Å². The Morgan fingerprint density at radius 1 is 1.05 bits per heavy atom. The van der Waals surface area contributed by atoms with Gasteiger partial charge in [0.2, 0.25) is 0 Å². The molecule has 1 aliphatic rings. The lowest BCUT2D eigenvalue weighted by molar-refractivity contribution is 0.352. The lowest BCUT2D eigenvalue weighted by Crippen LogP contribution is -2.39. The van der Waals surface area contributed by atoms with Gasteiger partial charge in [0.05, 0.1) is 25.9 Å². The van der Waals surface area contributed by atoms with E-state index in [1.807, 2.05) is 48.3 Å². The maximum atomic E-state index is 6.07. The molecule has 0 radical (unpaired) electrons. The van der Waals surface area contributed by atoms with Crippen molar-refractivity contribution in [3.8, 4) is 11.5 Å². The molecule has 0 saturated heterocycles. The summed E-state index contributed by atoms with van der Waals surface area (Å²) in [6.45, 7) is 0. The number of benzene rings is 2. The van der Waals surface area contributed by atoms with Gasteiger partial charge in [-0.25, -0.2) is 4.99 Å². The zero-order chi connectivity index (χ0) is 15.7. The molecule has 2 aromatic rings. The predicted octanol–water partition coefficient (Wildman–Crippen LogP) is 2.68. The summed E-state index contributed by atoms with van der Waals surface area (Å²) in [4.78, 5) is 6.41. The molecule has 22 heavy (non-hydrogen) atoms. The van der Waals surface area contributed by atoms with Gasteiger partial charge >= 0.3 is 0 Å². The first-order valence-corrected chi connectivity index (χ1v) is 7.03. The standard InChI is InChI=1S/C17H19N3O2/c1-20-16(11-8-9-14(21-2)15(10-11)22-3)12-6-4-5-7-13(12)19-17(20)18/h4-10,16H,1-3H3,(H2,18,19). The van der Waals surface area contributed by atoms with Gasteiger partial charge in [0, 0.05) is 12.6 Å². The van der Waals surface area contributed by atoms with Crippen LogP contribution in [0.3, 0.4) is 0 Å². The number of methoxy groups -OCH3 is 2. The predicted molar refractivity (Wildman–Crippen MR) is 86.9 cm³/mol. The molecule has 5 nitrogen and oxygen atoms in total. The lowest BCUT2D eigenvalue weighted by Gasteiger charge is -2.34. The average molecular weight is 297 g/mol. The molecule has 2 N–H and O–H groups in total. The summed E-state index contributed by atoms with van der Waals surface area (Å²) in [6.07, 6.45) is 0. The van der Waals surface area contributed by atoms with Crippen LogP contribution in [0.2, 0.25) is 0 Å². The van der Waals surface area contributed by atoms with Crippen LogP contribution < -0.4 is 15.2 Å². The van der Waals surface area contributed by atoms with Gasteiger partial charge in [-0.1, -0.05) is 24.3 Å². The first-order chi connectivity index (χ1) is 10.7. The molecule has 0 saturated carbocycles. The fourth-order valence-corrected chi connectivity index (χ4v) is 2.79. The minimum absolute atomic E-state index is 0.00601. The summed E-state index contributed by atoms with van der Waals surface area (Å²) in [7, 11) is 5.20. The average Bonchev–Trinajstić information content (AvgIpc) is 2.55. The van der Waals surface area contributed by atoms with Gasteiger partial charge in [0.1, 0.15) is 0 Å². The molecule has 0 fully saturated rings. The van der Waals surface area contributed by atoms with E-state index in [0.717, 1.165) is 16.8 Å². The van der Waals surface area contributed by atoms with Crippen molar-refractivity contribution in [2.75, 3.05) is 21.3 Å². The Hall–Kier alpha value is -2.69. The van der Waals surface area contributed by atoms with Crippen molar-refractivity contribution in [1.29, 1.82) is 0 Å². The monoisotopic (exact) mass is 297 g/mol. The third kappa shape index (κ3) is 2.24. The maximum Gasteiger partial charge on any atom is 0.197 e. The van der Waals surface area contributed by atoms with Crippen molar-refractivity contribution in [2.45, 2.75) is 6.04 Å². The number of rotatable bonds is 3. The highest BCUT2D eigenvalue weighted by Gasteiger charge is 2.28. The van der Waals surface area contributed by atoms with Gasteiger partial charge in [0.25, 0.3) is 0 Å². The Bertz CT molecular complexity index is 728. The molecule has 1 atom stereocenters. The zero-order valence-corrected chi connectivity index (χ0v) is 12.9. The van der Waals surface area contributed by atoms with Crippen LogP contribution in [0.1, 0.15) is 17.2 Å². The Morgan fingerprint density at radius 3 is 2.50 bits per heavy atom. The van der Waals surface area contributed by atoms with Crippen LogP contribution >= 0.6 is 0 Å². The molecule has 2 aromatic carbocycles. The fraction of sp³-hybridized carbons (Fsp3) is 0.235. The van der Waals surface area contributed by atoms with Gasteiger partial charge < -0.3 is 20.1 Å². The molecule has 1 aliphatic heterocycles. The summed E-state index contributed by atoms with van der Waals surface area (Å²) >= 11 is 0. The third-order valence-corrected chi connectivity index (χ3v) is 3.94. The molecule has 0 amide bonds. The first kappa shape index (κ1) is 14.3. The van der Waals surface area contributed by atoms with Crippen LogP contribution in [-0.2, 0) is 0 Å². The van der Waals surface area contributed by atoms with Gasteiger partial charge in [-0.3, -0.25) is 0 Å². The Balaban J connectivity index is 2.13. The fourth-order valence-electron chi connectivity index (χ4n) is 2.79. The molecule has 1 unspecified atom stereocenters. The zero-order valence-electron chi connectivity index (χ0n) is 12.9. The van der Waals surface area contributed by atoms with Gasteiger partial charge in [-0.2, -0.15) is 0 Å². The second-order valence-electron chi connectivity index (χ2n) is 5.16. The number of nitrogens with zero attached hydrogens (tertiary/aromatic N) is 2. The van der Waals surface area contributed by atoms with Crippen molar-refractivity contribution >= 4 is 11.6 Å². The van der Waals surface area contributed by atoms with Crippen LogP contribution in [0.25, 0.3) is 0 Å². The van der Waals surface area contributed by atoms with E-state index in [2.05, 4.69) is 11.1 Å². The van der Waals surface area contributed by atoms with Crippen molar-refractivity contribution < 1.29 is 9.47 Å². The van der Waals surface area contributed by atoms with E-state index in [-0.39, 0.29) is 6.04 Å². The minimum Gasteiger partial charge on any atom is -0.493 e. The largest absolute Gasteiger partial charge is 0.493 e. The van der Waals surface area contributed by atoms with E-state index in [0.29, 0.717) is 17.5 Å². The number of fused-ring (bicyclic) bond motifs is 1. The van der Waals surface area contributed by atoms with E-state index in [1.165, 1.54) is 0 Å². The third-order valence-electron chi connectivity index (χ3n) is 3.94. The molecule has 1 heterocycles. The van der Waals surface area contributed by atoms with E-state index in [4.69, 9.17) is 15.2 Å². The summed E-state index contributed by atoms with van der Waals surface area (Å²) in [5.74, 6) is 1.91. The Kier molecular flexibility index (Phi) is 3.63. The summed E-state index contributed by atoms with van der Waals surface area (Å²) in [5.41, 5.74) is 9.16. The molecule has 0 aromatic heterocycles. The number of aliphatic imine (C=N–C) groups is 1. The molecule has 114 valence electrons. The number of guanidine groups is 1. The smallest absolute Gasteiger partial charge is 0.197 e. The SMILES string of the molecule is COc1ccc(C2c3ccccc3N=C(N)N2C)cc1OC. The highest BCUT2D eigenvalue weighted by molar-refractivity contribution is 5.84. The number of nitrogens with two attached hydrogens (primary N) is 1. The quantitative estimate of drug-likeness (QED) is 0.946. The molecule has 3 rings (SSSR count). The maximum absolute atomic E-state index is 6.07. The summed E-state index contributed by atoms with van der Waals surface area (Å²) in [5, 5.41) is 0. The molecule has 0 spiro atoms. The van der Waals surface area contributed by atoms with Crippen LogP contribution in [-0.4, -0.2) is 32.1 Å². The highest BCUT2D eigenvalue weighted by Crippen LogP contribution is 2.40. The van der Waals surface area contributed by atoms with E-state index in [1.54, 1.807) is 14.2 Å². The molecule has 5 heteroatoms. The van der Waals surface area contributed by atoms with Crippen LogP contribution in [0.4, 0.5) is 5.69 Å². The highest BCUT2D eigenvalue weighted by atomic mass is 16.5. The summed E-state index contributed by atoms with van der Waals surface area (Å²) in [6, 6.07) is 13.9. The second kappa shape index (κ2) is 5.60.